The maximum atomic E-state index is 13.6. The number of fused-ring (bicyclic) bond motifs is 3. The number of benzene rings is 2. The molecular formula is C30H37BClF2N3O5. The SMILES string of the molecule is CC(=O)NC1CCC2c3cc(C(=O)Nc4ccc(OC(F)(F)Cl)cc4)cc(B4OC(C)(C)C(C)(C)O4)c3N(C(C)C)C12. The van der Waals surface area contributed by atoms with Crippen molar-refractivity contribution in [2.24, 2.45) is 0 Å². The second-order valence-electron chi connectivity index (χ2n) is 12.6. The van der Waals surface area contributed by atoms with E-state index in [1.54, 1.807) is 0 Å². The number of hydrogen-bond donors (Lipinski definition) is 2. The first kappa shape index (κ1) is 30.6. The fourth-order valence-electron chi connectivity index (χ4n) is 6.36. The van der Waals surface area contributed by atoms with Gasteiger partial charge in [0.15, 0.2) is 0 Å². The molecule has 42 heavy (non-hydrogen) atoms. The molecule has 2 aliphatic heterocycles. The Labute approximate surface area is 250 Å². The minimum atomic E-state index is -3.83. The van der Waals surface area contributed by atoms with Gasteiger partial charge in [-0.25, -0.2) is 0 Å². The summed E-state index contributed by atoms with van der Waals surface area (Å²) in [5.41, 5.74) is -1.45. The van der Waals surface area contributed by atoms with Crippen LogP contribution in [0.2, 0.25) is 0 Å². The number of carbonyl (C=O) groups is 2. The lowest BCUT2D eigenvalue weighted by molar-refractivity contribution is -0.119. The van der Waals surface area contributed by atoms with Crippen molar-refractivity contribution in [3.05, 3.63) is 47.5 Å². The van der Waals surface area contributed by atoms with Gasteiger partial charge in [0, 0.05) is 58.9 Å². The first-order chi connectivity index (χ1) is 19.5. The van der Waals surface area contributed by atoms with Crippen LogP contribution in [0.5, 0.6) is 5.75 Å². The van der Waals surface area contributed by atoms with Gasteiger partial charge in [0.1, 0.15) is 5.75 Å². The Morgan fingerprint density at radius 2 is 1.71 bits per heavy atom. The van der Waals surface area contributed by atoms with E-state index in [-0.39, 0.29) is 41.6 Å². The fraction of sp³-hybridized carbons (Fsp3) is 0.533. The number of anilines is 2. The van der Waals surface area contributed by atoms with E-state index in [0.29, 0.717) is 11.3 Å². The van der Waals surface area contributed by atoms with Gasteiger partial charge in [0.05, 0.1) is 17.2 Å². The zero-order chi connectivity index (χ0) is 30.8. The number of ether oxygens (including phenoxy) is 1. The Bertz CT molecular complexity index is 1370. The Kier molecular flexibility index (Phi) is 7.77. The van der Waals surface area contributed by atoms with Crippen LogP contribution in [-0.4, -0.2) is 53.8 Å². The number of halogens is 3. The van der Waals surface area contributed by atoms with E-state index in [4.69, 9.17) is 20.9 Å². The molecule has 3 unspecified atom stereocenters. The zero-order valence-corrected chi connectivity index (χ0v) is 25.6. The summed E-state index contributed by atoms with van der Waals surface area (Å²) in [6.07, 6.45) is 1.68. The zero-order valence-electron chi connectivity index (χ0n) is 24.9. The number of carbonyl (C=O) groups excluding carboxylic acids is 2. The van der Waals surface area contributed by atoms with Crippen LogP contribution in [0.3, 0.4) is 0 Å². The third-order valence-electron chi connectivity index (χ3n) is 8.82. The van der Waals surface area contributed by atoms with Gasteiger partial charge in [-0.3, -0.25) is 9.59 Å². The quantitative estimate of drug-likeness (QED) is 0.326. The van der Waals surface area contributed by atoms with E-state index in [9.17, 15) is 18.4 Å². The van der Waals surface area contributed by atoms with Gasteiger partial charge in [-0.2, -0.15) is 0 Å². The lowest BCUT2D eigenvalue weighted by atomic mass is 9.75. The minimum absolute atomic E-state index is 0.0241. The molecule has 0 bridgehead atoms. The van der Waals surface area contributed by atoms with Crippen LogP contribution in [0, 0.1) is 0 Å². The Hall–Kier alpha value is -2.89. The maximum absolute atomic E-state index is 13.6. The average molecular weight is 604 g/mol. The number of nitrogens with zero attached hydrogens (tertiary/aromatic N) is 1. The van der Waals surface area contributed by atoms with Crippen LogP contribution in [0.25, 0.3) is 0 Å². The van der Waals surface area contributed by atoms with Crippen LogP contribution < -0.4 is 25.7 Å². The van der Waals surface area contributed by atoms with Crippen LogP contribution in [0.1, 0.15) is 83.1 Å². The average Bonchev–Trinajstić information content (AvgIpc) is 3.47. The summed E-state index contributed by atoms with van der Waals surface area (Å²) in [6, 6.07) is 9.35. The van der Waals surface area contributed by atoms with Crippen molar-refractivity contribution in [1.29, 1.82) is 0 Å². The van der Waals surface area contributed by atoms with Gasteiger partial charge in [-0.15, -0.1) is 8.78 Å². The molecule has 8 nitrogen and oxygen atoms in total. The highest BCUT2D eigenvalue weighted by Gasteiger charge is 2.55. The molecule has 5 rings (SSSR count). The molecule has 2 aromatic carbocycles. The van der Waals surface area contributed by atoms with Crippen molar-refractivity contribution in [3.8, 4) is 5.75 Å². The summed E-state index contributed by atoms with van der Waals surface area (Å²) in [5, 5.41) is 6.00. The van der Waals surface area contributed by atoms with Crippen molar-refractivity contribution in [1.82, 2.24) is 5.32 Å². The molecule has 2 heterocycles. The molecule has 1 saturated carbocycles. The molecule has 3 aliphatic rings. The predicted octanol–water partition coefficient (Wildman–Crippen LogP) is 5.39. The van der Waals surface area contributed by atoms with E-state index in [2.05, 4.69) is 34.1 Å². The molecule has 12 heteroatoms. The van der Waals surface area contributed by atoms with Gasteiger partial charge >= 0.3 is 12.7 Å². The molecule has 2 fully saturated rings. The van der Waals surface area contributed by atoms with Crippen molar-refractivity contribution in [2.45, 2.75) is 102 Å². The molecule has 1 saturated heterocycles. The van der Waals surface area contributed by atoms with Gasteiger partial charge in [-0.05, 0) is 96.3 Å². The molecule has 2 N–H and O–H groups in total. The lowest BCUT2D eigenvalue weighted by Crippen LogP contribution is -2.52. The molecule has 0 spiro atoms. The topological polar surface area (TPSA) is 89.1 Å². The summed E-state index contributed by atoms with van der Waals surface area (Å²) < 4.78 is 43.3. The third kappa shape index (κ3) is 5.71. The molecular weight excluding hydrogens is 567 g/mol. The van der Waals surface area contributed by atoms with E-state index in [0.717, 1.165) is 29.6 Å². The van der Waals surface area contributed by atoms with E-state index >= 15 is 0 Å². The molecule has 0 aromatic heterocycles. The van der Waals surface area contributed by atoms with Gasteiger partial charge in [0.25, 0.3) is 5.91 Å². The monoisotopic (exact) mass is 603 g/mol. The van der Waals surface area contributed by atoms with Crippen molar-refractivity contribution in [3.63, 3.8) is 0 Å². The Morgan fingerprint density at radius 1 is 1.10 bits per heavy atom. The third-order valence-corrected chi connectivity index (χ3v) is 8.90. The number of rotatable bonds is 7. The maximum Gasteiger partial charge on any atom is 0.497 e. The molecule has 0 radical (unpaired) electrons. The number of amides is 2. The first-order valence-electron chi connectivity index (χ1n) is 14.2. The van der Waals surface area contributed by atoms with Crippen LogP contribution in [-0.2, 0) is 14.1 Å². The standard InChI is InChI=1S/C30H37BClF2N3O5/c1-16(2)37-25-22(21-12-13-24(26(21)37)35-17(3)38)14-18(15-23(25)31-41-28(4,5)29(6,7)42-31)27(39)36-19-8-10-20(11-9-19)40-30(32,33)34/h8-11,14-16,21,24,26H,12-13H2,1-7H3,(H,35,38)(H,36,39). The summed E-state index contributed by atoms with van der Waals surface area (Å²) in [4.78, 5) is 28.1. The molecule has 1 aliphatic carbocycles. The first-order valence-corrected chi connectivity index (χ1v) is 14.6. The van der Waals surface area contributed by atoms with Crippen molar-refractivity contribution in [2.75, 3.05) is 10.2 Å². The van der Waals surface area contributed by atoms with Crippen LogP contribution in [0.4, 0.5) is 20.2 Å². The molecule has 226 valence electrons. The van der Waals surface area contributed by atoms with E-state index < -0.39 is 23.9 Å². The molecule has 3 atom stereocenters. The van der Waals surface area contributed by atoms with Gasteiger partial charge in [-0.1, -0.05) is 0 Å². The second-order valence-corrected chi connectivity index (χ2v) is 13.0. The number of nitrogens with one attached hydrogen (secondary N) is 2. The van der Waals surface area contributed by atoms with E-state index in [1.165, 1.54) is 31.2 Å². The Morgan fingerprint density at radius 3 is 2.26 bits per heavy atom. The van der Waals surface area contributed by atoms with Crippen molar-refractivity contribution < 1.29 is 32.4 Å². The minimum Gasteiger partial charge on any atom is -0.420 e. The summed E-state index contributed by atoms with van der Waals surface area (Å²) in [6.45, 7) is 13.7. The smallest absolute Gasteiger partial charge is 0.420 e. The largest absolute Gasteiger partial charge is 0.497 e. The highest BCUT2D eigenvalue weighted by atomic mass is 35.5. The highest BCUT2D eigenvalue weighted by Crippen LogP contribution is 2.51. The Balaban J connectivity index is 1.55. The molecule has 2 amide bonds. The van der Waals surface area contributed by atoms with Crippen LogP contribution in [0.15, 0.2) is 36.4 Å². The normalized spacial score (nSPS) is 24.0. The van der Waals surface area contributed by atoms with E-state index in [1.807, 2.05) is 39.8 Å². The van der Waals surface area contributed by atoms with Crippen LogP contribution >= 0.6 is 11.6 Å². The summed E-state index contributed by atoms with van der Waals surface area (Å²) in [7, 11) is -0.718. The predicted molar refractivity (Wildman–Crippen MR) is 159 cm³/mol. The fourth-order valence-corrected chi connectivity index (χ4v) is 6.45. The van der Waals surface area contributed by atoms with Crippen molar-refractivity contribution >= 4 is 47.4 Å². The lowest BCUT2D eigenvalue weighted by Gasteiger charge is -2.36. The van der Waals surface area contributed by atoms with Gasteiger partial charge < -0.3 is 29.6 Å². The summed E-state index contributed by atoms with van der Waals surface area (Å²) >= 11 is 4.85. The van der Waals surface area contributed by atoms with Gasteiger partial charge in [0.2, 0.25) is 5.91 Å². The molecule has 2 aromatic rings. The summed E-state index contributed by atoms with van der Waals surface area (Å²) in [5.74, 6) is -0.481. The number of hydrogen-bond acceptors (Lipinski definition) is 6. The number of alkyl halides is 3. The second kappa shape index (κ2) is 10.7. The highest BCUT2D eigenvalue weighted by molar-refractivity contribution is 6.64.